The zero-order chi connectivity index (χ0) is 15.2. The molecule has 1 aromatic rings. The SMILES string of the molecule is CC(C(=O)O)c1ccc(CC2CCCCC/C2=N/O)cc1. The van der Waals surface area contributed by atoms with Crippen molar-refractivity contribution < 1.29 is 15.1 Å². The smallest absolute Gasteiger partial charge is 0.310 e. The van der Waals surface area contributed by atoms with Crippen molar-refractivity contribution in [2.75, 3.05) is 0 Å². The first kappa shape index (κ1) is 15.5. The summed E-state index contributed by atoms with van der Waals surface area (Å²) in [6.07, 6.45) is 6.29. The van der Waals surface area contributed by atoms with Crippen molar-refractivity contribution in [1.29, 1.82) is 0 Å². The fourth-order valence-electron chi connectivity index (χ4n) is 2.97. The highest BCUT2D eigenvalue weighted by molar-refractivity contribution is 5.86. The Morgan fingerprint density at radius 3 is 2.62 bits per heavy atom. The third-order valence-electron chi connectivity index (χ3n) is 4.42. The van der Waals surface area contributed by atoms with Gasteiger partial charge >= 0.3 is 5.97 Å². The van der Waals surface area contributed by atoms with Gasteiger partial charge in [-0.2, -0.15) is 0 Å². The third-order valence-corrected chi connectivity index (χ3v) is 4.42. The number of rotatable bonds is 4. The van der Waals surface area contributed by atoms with Crippen molar-refractivity contribution in [3.05, 3.63) is 35.4 Å². The molecule has 0 amide bonds. The maximum Gasteiger partial charge on any atom is 0.310 e. The molecule has 2 unspecified atom stereocenters. The summed E-state index contributed by atoms with van der Waals surface area (Å²) in [6.45, 7) is 1.69. The minimum atomic E-state index is -0.804. The van der Waals surface area contributed by atoms with Crippen LogP contribution in [0, 0.1) is 5.92 Å². The standard InChI is InChI=1S/C17H23NO3/c1-12(17(19)20)14-9-7-13(8-10-14)11-15-5-3-2-4-6-16(15)18-21/h7-10,12,15,21H,2-6,11H2,1H3,(H,19,20)/b18-16-. The highest BCUT2D eigenvalue weighted by atomic mass is 16.4. The molecule has 1 aliphatic rings. The molecule has 1 aliphatic carbocycles. The van der Waals surface area contributed by atoms with Gasteiger partial charge in [0.25, 0.3) is 0 Å². The van der Waals surface area contributed by atoms with Crippen molar-refractivity contribution >= 4 is 11.7 Å². The van der Waals surface area contributed by atoms with Crippen LogP contribution in [0.5, 0.6) is 0 Å². The molecule has 0 bridgehead atoms. The number of hydrogen-bond donors (Lipinski definition) is 2. The van der Waals surface area contributed by atoms with Crippen molar-refractivity contribution in [3.63, 3.8) is 0 Å². The molecule has 4 heteroatoms. The Morgan fingerprint density at radius 1 is 1.29 bits per heavy atom. The summed E-state index contributed by atoms with van der Waals surface area (Å²) in [7, 11) is 0. The van der Waals surface area contributed by atoms with Gasteiger partial charge < -0.3 is 10.3 Å². The first-order valence-corrected chi connectivity index (χ1v) is 7.64. The molecule has 2 rings (SSSR count). The maximum atomic E-state index is 11.0. The van der Waals surface area contributed by atoms with Crippen molar-refractivity contribution in [2.45, 2.75) is 51.4 Å². The lowest BCUT2D eigenvalue weighted by Crippen LogP contribution is -2.16. The van der Waals surface area contributed by atoms with Gasteiger partial charge in [0.1, 0.15) is 0 Å². The molecule has 0 aliphatic heterocycles. The van der Waals surface area contributed by atoms with E-state index in [1.165, 1.54) is 18.4 Å². The van der Waals surface area contributed by atoms with E-state index in [9.17, 15) is 4.79 Å². The minimum absolute atomic E-state index is 0.306. The molecule has 1 saturated carbocycles. The van der Waals surface area contributed by atoms with Gasteiger partial charge in [-0.15, -0.1) is 0 Å². The van der Waals surface area contributed by atoms with Crippen LogP contribution in [0.3, 0.4) is 0 Å². The Labute approximate surface area is 125 Å². The van der Waals surface area contributed by atoms with Crippen molar-refractivity contribution in [3.8, 4) is 0 Å². The lowest BCUT2D eigenvalue weighted by Gasteiger charge is -2.16. The number of carboxylic acid groups (broad SMARTS) is 1. The van der Waals surface area contributed by atoms with E-state index in [-0.39, 0.29) is 0 Å². The van der Waals surface area contributed by atoms with E-state index < -0.39 is 11.9 Å². The topological polar surface area (TPSA) is 69.9 Å². The summed E-state index contributed by atoms with van der Waals surface area (Å²) in [4.78, 5) is 11.0. The van der Waals surface area contributed by atoms with Crippen LogP contribution in [0.1, 0.15) is 56.1 Å². The molecule has 2 N–H and O–H groups in total. The number of oxime groups is 1. The largest absolute Gasteiger partial charge is 0.481 e. The van der Waals surface area contributed by atoms with Gasteiger partial charge in [-0.05, 0) is 43.7 Å². The van der Waals surface area contributed by atoms with Gasteiger partial charge in [0.05, 0.1) is 11.6 Å². The number of benzene rings is 1. The summed E-state index contributed by atoms with van der Waals surface area (Å²) < 4.78 is 0. The molecule has 1 fully saturated rings. The Hall–Kier alpha value is -1.84. The second-order valence-corrected chi connectivity index (χ2v) is 5.89. The van der Waals surface area contributed by atoms with E-state index in [4.69, 9.17) is 10.3 Å². The number of hydrogen-bond acceptors (Lipinski definition) is 3. The lowest BCUT2D eigenvalue weighted by atomic mass is 9.90. The van der Waals surface area contributed by atoms with Crippen LogP contribution in [0.2, 0.25) is 0 Å². The molecular weight excluding hydrogens is 266 g/mol. The summed E-state index contributed by atoms with van der Waals surface area (Å²) >= 11 is 0. The Morgan fingerprint density at radius 2 is 2.00 bits per heavy atom. The van der Waals surface area contributed by atoms with Crippen molar-refractivity contribution in [1.82, 2.24) is 0 Å². The summed E-state index contributed by atoms with van der Waals surface area (Å²) in [5.74, 6) is -0.979. The number of carbonyl (C=O) groups is 1. The quantitative estimate of drug-likeness (QED) is 0.503. The van der Waals surface area contributed by atoms with Gasteiger partial charge in [0, 0.05) is 5.92 Å². The van der Waals surface area contributed by atoms with E-state index in [2.05, 4.69) is 5.16 Å². The third kappa shape index (κ3) is 4.06. The van der Waals surface area contributed by atoms with Crippen LogP contribution in [-0.4, -0.2) is 22.0 Å². The predicted molar refractivity (Wildman–Crippen MR) is 82.0 cm³/mol. The normalized spacial score (nSPS) is 22.7. The summed E-state index contributed by atoms with van der Waals surface area (Å²) in [6, 6.07) is 7.77. The van der Waals surface area contributed by atoms with Crippen LogP contribution in [0.15, 0.2) is 29.4 Å². The Kier molecular flexibility index (Phi) is 5.37. The first-order valence-electron chi connectivity index (χ1n) is 7.64. The molecule has 0 spiro atoms. The molecule has 21 heavy (non-hydrogen) atoms. The molecule has 1 aromatic carbocycles. The zero-order valence-corrected chi connectivity index (χ0v) is 12.5. The molecule has 114 valence electrons. The van der Waals surface area contributed by atoms with Crippen LogP contribution in [-0.2, 0) is 11.2 Å². The van der Waals surface area contributed by atoms with Gasteiger partial charge in [-0.1, -0.05) is 42.3 Å². The molecule has 4 nitrogen and oxygen atoms in total. The fourth-order valence-corrected chi connectivity index (χ4v) is 2.97. The number of aliphatic carboxylic acids is 1. The van der Waals surface area contributed by atoms with E-state index in [1.807, 2.05) is 24.3 Å². The summed E-state index contributed by atoms with van der Waals surface area (Å²) in [5.41, 5.74) is 2.91. The van der Waals surface area contributed by atoms with E-state index >= 15 is 0 Å². The minimum Gasteiger partial charge on any atom is -0.481 e. The van der Waals surface area contributed by atoms with Crippen LogP contribution in [0.25, 0.3) is 0 Å². The fraction of sp³-hybridized carbons (Fsp3) is 0.529. The van der Waals surface area contributed by atoms with Crippen molar-refractivity contribution in [2.24, 2.45) is 11.1 Å². The Bertz CT molecular complexity index is 507. The van der Waals surface area contributed by atoms with E-state index in [1.54, 1.807) is 6.92 Å². The molecule has 0 saturated heterocycles. The first-order chi connectivity index (χ1) is 10.1. The maximum absolute atomic E-state index is 11.0. The summed E-state index contributed by atoms with van der Waals surface area (Å²) in [5, 5.41) is 21.7. The van der Waals surface area contributed by atoms with E-state index in [0.717, 1.165) is 37.0 Å². The predicted octanol–water partition coefficient (Wildman–Crippen LogP) is 3.83. The highest BCUT2D eigenvalue weighted by Crippen LogP contribution is 2.25. The van der Waals surface area contributed by atoms with Gasteiger partial charge in [0.15, 0.2) is 0 Å². The average Bonchev–Trinajstić information content (AvgIpc) is 2.72. The van der Waals surface area contributed by atoms with Gasteiger partial charge in [-0.3, -0.25) is 4.79 Å². The van der Waals surface area contributed by atoms with Crippen LogP contribution >= 0.6 is 0 Å². The molecular formula is C17H23NO3. The van der Waals surface area contributed by atoms with Crippen LogP contribution in [0.4, 0.5) is 0 Å². The molecule has 2 atom stereocenters. The molecule has 0 heterocycles. The number of carboxylic acids is 1. The second-order valence-electron chi connectivity index (χ2n) is 5.89. The second kappa shape index (κ2) is 7.25. The van der Waals surface area contributed by atoms with Gasteiger partial charge in [-0.25, -0.2) is 0 Å². The number of nitrogens with zero attached hydrogens (tertiary/aromatic N) is 1. The zero-order valence-electron chi connectivity index (χ0n) is 12.5. The molecule has 0 radical (unpaired) electrons. The highest BCUT2D eigenvalue weighted by Gasteiger charge is 2.20. The lowest BCUT2D eigenvalue weighted by molar-refractivity contribution is -0.138. The van der Waals surface area contributed by atoms with Gasteiger partial charge in [0.2, 0.25) is 0 Å². The Balaban J connectivity index is 2.07. The van der Waals surface area contributed by atoms with Crippen LogP contribution < -0.4 is 0 Å². The molecule has 0 aromatic heterocycles. The van der Waals surface area contributed by atoms with E-state index in [0.29, 0.717) is 5.92 Å². The monoisotopic (exact) mass is 289 g/mol. The average molecular weight is 289 g/mol.